The first kappa shape index (κ1) is 22.6. The van der Waals surface area contributed by atoms with Crippen LogP contribution in [0, 0.1) is 12.8 Å². The van der Waals surface area contributed by atoms with Gasteiger partial charge in [0.1, 0.15) is 5.69 Å². The molecule has 0 atom stereocenters. The number of nitrogens with one attached hydrogen (secondary N) is 1. The van der Waals surface area contributed by atoms with E-state index in [9.17, 15) is 13.2 Å². The number of aromatic nitrogens is 2. The molecule has 1 amide bonds. The monoisotopic (exact) mass is 459 g/mol. The van der Waals surface area contributed by atoms with Crippen LogP contribution in [0.15, 0.2) is 41.6 Å². The minimum Gasteiger partial charge on any atom is -0.379 e. The molecule has 0 aliphatic carbocycles. The third-order valence-corrected chi connectivity index (χ3v) is 7.90. The molecule has 2 aliphatic heterocycles. The third-order valence-electron chi connectivity index (χ3n) is 5.99. The topological polar surface area (TPSA) is 105 Å². The summed E-state index contributed by atoms with van der Waals surface area (Å²) in [5, 5.41) is 2.96. The van der Waals surface area contributed by atoms with Crippen molar-refractivity contribution in [3.8, 4) is 0 Å². The van der Waals surface area contributed by atoms with E-state index >= 15 is 0 Å². The van der Waals surface area contributed by atoms with Gasteiger partial charge >= 0.3 is 0 Å². The van der Waals surface area contributed by atoms with Crippen LogP contribution in [0.4, 0.5) is 5.69 Å². The van der Waals surface area contributed by atoms with Crippen molar-refractivity contribution < 1.29 is 17.9 Å². The van der Waals surface area contributed by atoms with Crippen LogP contribution in [0.25, 0.3) is 0 Å². The van der Waals surface area contributed by atoms with Gasteiger partial charge in [0.2, 0.25) is 10.0 Å². The van der Waals surface area contributed by atoms with Crippen LogP contribution in [-0.2, 0) is 14.8 Å². The normalized spacial score (nSPS) is 18.5. The Hall–Kier alpha value is -2.56. The van der Waals surface area contributed by atoms with Gasteiger partial charge in [-0.25, -0.2) is 13.4 Å². The van der Waals surface area contributed by atoms with Gasteiger partial charge < -0.3 is 15.0 Å². The molecule has 0 radical (unpaired) electrons. The number of anilines is 1. The van der Waals surface area contributed by atoms with Gasteiger partial charge in [-0.05, 0) is 49.9 Å². The quantitative estimate of drug-likeness (QED) is 0.697. The SMILES string of the molecule is Cc1cnc(C(=O)NCC2CCN(c3ccc(S(=O)(=O)N4CCOCC4)cc3)CC2)cn1. The smallest absolute Gasteiger partial charge is 0.271 e. The maximum Gasteiger partial charge on any atom is 0.271 e. The first-order valence-corrected chi connectivity index (χ1v) is 12.4. The lowest BCUT2D eigenvalue weighted by molar-refractivity contribution is 0.0730. The summed E-state index contributed by atoms with van der Waals surface area (Å²) in [7, 11) is -3.47. The molecule has 1 aromatic heterocycles. The lowest BCUT2D eigenvalue weighted by atomic mass is 9.96. The van der Waals surface area contributed by atoms with Gasteiger partial charge in [0.15, 0.2) is 0 Å². The summed E-state index contributed by atoms with van der Waals surface area (Å²) in [6, 6.07) is 7.14. The summed E-state index contributed by atoms with van der Waals surface area (Å²) in [4.78, 5) is 23.0. The number of ether oxygens (including phenoxy) is 1. The molecule has 3 heterocycles. The minimum absolute atomic E-state index is 0.197. The minimum atomic E-state index is -3.47. The highest BCUT2D eigenvalue weighted by molar-refractivity contribution is 7.89. The number of hydrogen-bond donors (Lipinski definition) is 1. The van der Waals surface area contributed by atoms with E-state index in [-0.39, 0.29) is 5.91 Å². The molecule has 0 spiro atoms. The van der Waals surface area contributed by atoms with Crippen LogP contribution in [0.1, 0.15) is 29.0 Å². The zero-order valence-corrected chi connectivity index (χ0v) is 19.1. The van der Waals surface area contributed by atoms with Gasteiger partial charge in [-0.3, -0.25) is 9.78 Å². The molecular weight excluding hydrogens is 430 g/mol. The molecule has 0 bridgehead atoms. The molecule has 2 fully saturated rings. The van der Waals surface area contributed by atoms with Crippen molar-refractivity contribution >= 4 is 21.6 Å². The average molecular weight is 460 g/mol. The Balaban J connectivity index is 1.27. The highest BCUT2D eigenvalue weighted by Crippen LogP contribution is 2.25. The molecule has 2 aromatic rings. The highest BCUT2D eigenvalue weighted by Gasteiger charge is 2.27. The summed E-state index contributed by atoms with van der Waals surface area (Å²) < 4.78 is 32.3. The van der Waals surface area contributed by atoms with E-state index in [2.05, 4.69) is 20.2 Å². The molecule has 9 nitrogen and oxygen atoms in total. The van der Waals surface area contributed by atoms with E-state index in [0.717, 1.165) is 37.3 Å². The number of carbonyl (C=O) groups excluding carboxylic acids is 1. The molecule has 1 aromatic carbocycles. The van der Waals surface area contributed by atoms with Crippen molar-refractivity contribution in [2.24, 2.45) is 5.92 Å². The van der Waals surface area contributed by atoms with E-state index in [1.807, 2.05) is 19.1 Å². The number of benzene rings is 1. The Kier molecular flexibility index (Phi) is 7.02. The molecule has 0 saturated carbocycles. The van der Waals surface area contributed by atoms with Crippen LogP contribution >= 0.6 is 0 Å². The zero-order chi connectivity index (χ0) is 22.6. The highest BCUT2D eigenvalue weighted by atomic mass is 32.2. The van der Waals surface area contributed by atoms with Crippen LogP contribution in [0.3, 0.4) is 0 Å². The molecule has 2 saturated heterocycles. The molecule has 0 unspecified atom stereocenters. The predicted molar refractivity (Wildman–Crippen MR) is 120 cm³/mol. The van der Waals surface area contributed by atoms with E-state index in [1.54, 1.807) is 18.3 Å². The number of aryl methyl sites for hydroxylation is 1. The van der Waals surface area contributed by atoms with Gasteiger partial charge in [0.25, 0.3) is 5.91 Å². The summed E-state index contributed by atoms with van der Waals surface area (Å²) in [5.41, 5.74) is 2.13. The third kappa shape index (κ3) is 5.25. The first-order chi connectivity index (χ1) is 15.4. The standard InChI is InChI=1S/C22H29N5O4S/c1-17-14-24-21(16-23-17)22(28)25-15-18-6-8-26(9-7-18)19-2-4-20(5-3-19)32(29,30)27-10-12-31-13-11-27/h2-5,14,16,18H,6-13,15H2,1H3,(H,25,28). The van der Waals surface area contributed by atoms with Gasteiger partial charge in [-0.1, -0.05) is 0 Å². The van der Waals surface area contributed by atoms with Crippen LogP contribution < -0.4 is 10.2 Å². The van der Waals surface area contributed by atoms with Gasteiger partial charge in [-0.2, -0.15) is 4.31 Å². The van der Waals surface area contributed by atoms with Crippen molar-refractivity contribution in [2.75, 3.05) is 50.8 Å². The first-order valence-electron chi connectivity index (χ1n) is 10.9. The van der Waals surface area contributed by atoms with Gasteiger partial charge in [0, 0.05) is 44.6 Å². The second kappa shape index (κ2) is 9.93. The Morgan fingerprint density at radius 1 is 1.06 bits per heavy atom. The number of piperidine rings is 1. The Morgan fingerprint density at radius 2 is 1.75 bits per heavy atom. The lowest BCUT2D eigenvalue weighted by Crippen LogP contribution is -2.40. The summed E-state index contributed by atoms with van der Waals surface area (Å²) >= 11 is 0. The zero-order valence-electron chi connectivity index (χ0n) is 18.2. The number of morpholine rings is 1. The summed E-state index contributed by atoms with van der Waals surface area (Å²) in [5.74, 6) is 0.201. The average Bonchev–Trinajstić information content (AvgIpc) is 2.84. The Bertz CT molecular complexity index is 1010. The largest absolute Gasteiger partial charge is 0.379 e. The number of carbonyl (C=O) groups is 1. The molecular formula is C22H29N5O4S. The predicted octanol–water partition coefficient (Wildman–Crippen LogP) is 1.45. The fourth-order valence-electron chi connectivity index (χ4n) is 4.00. The number of amides is 1. The summed E-state index contributed by atoms with van der Waals surface area (Å²) in [6.07, 6.45) is 4.99. The molecule has 2 aliphatic rings. The molecule has 4 rings (SSSR count). The van der Waals surface area contributed by atoms with E-state index in [1.165, 1.54) is 10.5 Å². The summed E-state index contributed by atoms with van der Waals surface area (Å²) in [6.45, 7) is 5.82. The maximum atomic E-state index is 12.8. The molecule has 1 N–H and O–H groups in total. The van der Waals surface area contributed by atoms with Gasteiger partial charge in [0.05, 0.1) is 30.0 Å². The van der Waals surface area contributed by atoms with Crippen molar-refractivity contribution in [1.82, 2.24) is 19.6 Å². The Labute approximate surface area is 188 Å². The van der Waals surface area contributed by atoms with Crippen molar-refractivity contribution in [1.29, 1.82) is 0 Å². The molecule has 172 valence electrons. The van der Waals surface area contributed by atoms with Crippen LogP contribution in [0.2, 0.25) is 0 Å². The number of rotatable bonds is 6. The molecule has 10 heteroatoms. The fraction of sp³-hybridized carbons (Fsp3) is 0.500. The van der Waals surface area contributed by atoms with Crippen LogP contribution in [-0.4, -0.2) is 74.5 Å². The van der Waals surface area contributed by atoms with E-state index in [4.69, 9.17) is 4.74 Å². The number of sulfonamides is 1. The molecule has 32 heavy (non-hydrogen) atoms. The number of hydrogen-bond acceptors (Lipinski definition) is 7. The fourth-order valence-corrected chi connectivity index (χ4v) is 5.41. The van der Waals surface area contributed by atoms with Gasteiger partial charge in [-0.15, -0.1) is 0 Å². The van der Waals surface area contributed by atoms with Crippen molar-refractivity contribution in [2.45, 2.75) is 24.7 Å². The second-order valence-corrected chi connectivity index (χ2v) is 10.1. The van der Waals surface area contributed by atoms with Crippen molar-refractivity contribution in [3.63, 3.8) is 0 Å². The Morgan fingerprint density at radius 3 is 2.38 bits per heavy atom. The van der Waals surface area contributed by atoms with E-state index in [0.29, 0.717) is 49.4 Å². The van der Waals surface area contributed by atoms with Crippen molar-refractivity contribution in [3.05, 3.63) is 48.0 Å². The van der Waals surface area contributed by atoms with E-state index < -0.39 is 10.0 Å². The van der Waals surface area contributed by atoms with Crippen LogP contribution in [0.5, 0.6) is 0 Å². The second-order valence-electron chi connectivity index (χ2n) is 8.19. The lowest BCUT2D eigenvalue weighted by Gasteiger charge is -2.34. The maximum absolute atomic E-state index is 12.8. The number of nitrogens with zero attached hydrogens (tertiary/aromatic N) is 4.